The SMILES string of the molecule is Cc1csc(C(=O)N2CCC(N3CCC(Oc4nccs4)CC3)CC2)c1.O=C(O)C(=O)O. The summed E-state index contributed by atoms with van der Waals surface area (Å²) >= 11 is 3.13. The van der Waals surface area contributed by atoms with E-state index < -0.39 is 11.9 Å². The molecule has 2 saturated heterocycles. The van der Waals surface area contributed by atoms with E-state index in [1.54, 1.807) is 28.9 Å². The molecule has 2 N–H and O–H groups in total. The van der Waals surface area contributed by atoms with Gasteiger partial charge in [0.15, 0.2) is 0 Å². The number of rotatable bonds is 4. The number of carbonyl (C=O) groups is 3. The van der Waals surface area contributed by atoms with Gasteiger partial charge in [-0.3, -0.25) is 9.69 Å². The van der Waals surface area contributed by atoms with E-state index in [-0.39, 0.29) is 5.91 Å². The molecule has 1 amide bonds. The zero-order valence-corrected chi connectivity index (χ0v) is 19.4. The van der Waals surface area contributed by atoms with Crippen LogP contribution in [0.2, 0.25) is 0 Å². The van der Waals surface area contributed by atoms with Crippen molar-refractivity contribution in [3.8, 4) is 5.19 Å². The fraction of sp³-hybridized carbons (Fsp3) is 0.524. The molecule has 2 aliphatic rings. The number of aryl methyl sites for hydroxylation is 1. The van der Waals surface area contributed by atoms with Gasteiger partial charge in [-0.05, 0) is 49.6 Å². The van der Waals surface area contributed by atoms with Gasteiger partial charge < -0.3 is 19.8 Å². The number of piperidine rings is 2. The summed E-state index contributed by atoms with van der Waals surface area (Å²) < 4.78 is 5.96. The summed E-state index contributed by atoms with van der Waals surface area (Å²) in [6.07, 6.45) is 6.37. The van der Waals surface area contributed by atoms with Crippen LogP contribution in [0.15, 0.2) is 23.0 Å². The molecule has 0 atom stereocenters. The van der Waals surface area contributed by atoms with Gasteiger partial charge >= 0.3 is 11.9 Å². The lowest BCUT2D eigenvalue weighted by molar-refractivity contribution is -0.159. The first kappa shape index (κ1) is 24.1. The second-order valence-electron chi connectivity index (χ2n) is 7.77. The molecule has 9 nitrogen and oxygen atoms in total. The number of carbonyl (C=O) groups excluding carboxylic acids is 1. The van der Waals surface area contributed by atoms with Crippen LogP contribution in [0.5, 0.6) is 5.19 Å². The Kier molecular flexibility index (Phi) is 8.60. The first-order valence-electron chi connectivity index (χ1n) is 10.4. The standard InChI is InChI=1S/C19H25N3O2S2.C2H2O4/c1-14-12-17(26-13-14)18(23)22-7-2-15(3-8-22)21-9-4-16(5-10-21)24-19-20-6-11-25-19;3-1(4)2(5)6/h6,11-13,15-16H,2-5,7-10H2,1H3;(H,3,4)(H,5,6). The molecule has 4 rings (SSSR count). The number of aromatic nitrogens is 1. The van der Waals surface area contributed by atoms with Crippen LogP contribution in [0.25, 0.3) is 0 Å². The molecule has 0 bridgehead atoms. The average molecular weight is 482 g/mol. The summed E-state index contributed by atoms with van der Waals surface area (Å²) in [4.78, 5) is 40.5. The minimum absolute atomic E-state index is 0.206. The summed E-state index contributed by atoms with van der Waals surface area (Å²) in [5.74, 6) is -3.44. The topological polar surface area (TPSA) is 120 Å². The van der Waals surface area contributed by atoms with Crippen LogP contribution < -0.4 is 4.74 Å². The van der Waals surface area contributed by atoms with Gasteiger partial charge in [0.1, 0.15) is 6.10 Å². The predicted octanol–water partition coefficient (Wildman–Crippen LogP) is 2.82. The van der Waals surface area contributed by atoms with E-state index >= 15 is 0 Å². The monoisotopic (exact) mass is 481 g/mol. The molecule has 2 aromatic heterocycles. The number of hydrogen-bond donors (Lipinski definition) is 2. The summed E-state index contributed by atoms with van der Waals surface area (Å²) in [7, 11) is 0. The van der Waals surface area contributed by atoms with Crippen LogP contribution in [0, 0.1) is 6.92 Å². The average Bonchev–Trinajstić information content (AvgIpc) is 3.46. The van der Waals surface area contributed by atoms with E-state index in [1.807, 2.05) is 23.3 Å². The first-order chi connectivity index (χ1) is 15.3. The second kappa shape index (κ2) is 11.4. The van der Waals surface area contributed by atoms with E-state index in [9.17, 15) is 4.79 Å². The molecular formula is C21H27N3O6S2. The molecule has 0 aliphatic carbocycles. The number of thiophene rings is 1. The number of hydrogen-bond acceptors (Lipinski definition) is 8. The Morgan fingerprint density at radius 1 is 1.03 bits per heavy atom. The van der Waals surface area contributed by atoms with E-state index in [0.29, 0.717) is 12.1 Å². The Labute approximate surface area is 194 Å². The van der Waals surface area contributed by atoms with Crippen molar-refractivity contribution in [1.82, 2.24) is 14.8 Å². The third-order valence-corrected chi connectivity index (χ3v) is 7.24. The van der Waals surface area contributed by atoms with E-state index in [1.165, 1.54) is 5.56 Å². The van der Waals surface area contributed by atoms with Crippen LogP contribution in [0.1, 0.15) is 40.9 Å². The van der Waals surface area contributed by atoms with Gasteiger partial charge in [-0.15, -0.1) is 11.3 Å². The van der Waals surface area contributed by atoms with E-state index in [4.69, 9.17) is 24.5 Å². The maximum Gasteiger partial charge on any atom is 0.414 e. The molecule has 0 spiro atoms. The maximum absolute atomic E-state index is 12.6. The first-order valence-corrected chi connectivity index (χ1v) is 12.2. The lowest BCUT2D eigenvalue weighted by Gasteiger charge is -2.41. The number of nitrogens with zero attached hydrogens (tertiary/aromatic N) is 3. The molecule has 2 aromatic rings. The lowest BCUT2D eigenvalue weighted by Crippen LogP contribution is -2.50. The number of carboxylic acids is 2. The van der Waals surface area contributed by atoms with Crippen molar-refractivity contribution >= 4 is 40.5 Å². The quantitative estimate of drug-likeness (QED) is 0.640. The van der Waals surface area contributed by atoms with Gasteiger partial charge in [0.2, 0.25) is 0 Å². The fourth-order valence-corrected chi connectivity index (χ4v) is 5.32. The second-order valence-corrected chi connectivity index (χ2v) is 9.54. The van der Waals surface area contributed by atoms with E-state index in [0.717, 1.165) is 61.9 Å². The number of carboxylic acid groups (broad SMARTS) is 2. The summed E-state index contributed by atoms with van der Waals surface area (Å²) in [6.45, 7) is 5.95. The molecule has 4 heterocycles. The van der Waals surface area contributed by atoms with Crippen LogP contribution in [0.4, 0.5) is 0 Å². The lowest BCUT2D eigenvalue weighted by atomic mass is 9.98. The highest BCUT2D eigenvalue weighted by atomic mass is 32.1. The number of amides is 1. The molecule has 2 aliphatic heterocycles. The van der Waals surface area contributed by atoms with E-state index in [2.05, 4.69) is 15.3 Å². The van der Waals surface area contributed by atoms with Crippen LogP contribution in [-0.4, -0.2) is 81.2 Å². The normalized spacial score (nSPS) is 18.0. The van der Waals surface area contributed by atoms with Crippen LogP contribution in [0.3, 0.4) is 0 Å². The Morgan fingerprint density at radius 3 is 2.19 bits per heavy atom. The van der Waals surface area contributed by atoms with Gasteiger partial charge in [0.05, 0.1) is 4.88 Å². The zero-order valence-electron chi connectivity index (χ0n) is 17.8. The number of aliphatic carboxylic acids is 2. The molecule has 11 heteroatoms. The summed E-state index contributed by atoms with van der Waals surface area (Å²) in [5, 5.41) is 19.6. The van der Waals surface area contributed by atoms with Crippen molar-refractivity contribution < 1.29 is 29.3 Å². The third-order valence-electron chi connectivity index (χ3n) is 5.55. The highest BCUT2D eigenvalue weighted by Gasteiger charge is 2.30. The highest BCUT2D eigenvalue weighted by Crippen LogP contribution is 2.26. The number of ether oxygens (including phenoxy) is 1. The van der Waals surface area contributed by atoms with Crippen LogP contribution >= 0.6 is 22.7 Å². The summed E-state index contributed by atoms with van der Waals surface area (Å²) in [5.41, 5.74) is 1.18. The van der Waals surface area contributed by atoms with Crippen LogP contribution in [-0.2, 0) is 9.59 Å². The molecule has 2 fully saturated rings. The number of likely N-dealkylation sites (tertiary alicyclic amines) is 2. The van der Waals surface area contributed by atoms with Crippen molar-refractivity contribution in [2.45, 2.75) is 44.8 Å². The molecule has 32 heavy (non-hydrogen) atoms. The van der Waals surface area contributed by atoms with Crippen molar-refractivity contribution in [3.05, 3.63) is 33.5 Å². The van der Waals surface area contributed by atoms with Crippen molar-refractivity contribution in [1.29, 1.82) is 0 Å². The minimum atomic E-state index is -1.82. The van der Waals surface area contributed by atoms with Gasteiger partial charge in [0.25, 0.3) is 11.1 Å². The molecular weight excluding hydrogens is 454 g/mol. The largest absolute Gasteiger partial charge is 0.473 e. The Morgan fingerprint density at radius 2 is 1.69 bits per heavy atom. The molecule has 0 radical (unpaired) electrons. The van der Waals surface area contributed by atoms with Crippen molar-refractivity contribution in [2.24, 2.45) is 0 Å². The predicted molar refractivity (Wildman–Crippen MR) is 121 cm³/mol. The maximum atomic E-state index is 12.6. The Balaban J connectivity index is 0.000000427. The van der Waals surface area contributed by atoms with Crippen molar-refractivity contribution in [2.75, 3.05) is 26.2 Å². The third kappa shape index (κ3) is 6.75. The van der Waals surface area contributed by atoms with Gasteiger partial charge in [-0.1, -0.05) is 11.3 Å². The Hall–Kier alpha value is -2.50. The fourth-order valence-electron chi connectivity index (χ4n) is 3.90. The smallest absolute Gasteiger partial charge is 0.414 e. The molecule has 0 unspecified atom stereocenters. The Bertz CT molecular complexity index is 889. The molecule has 0 aromatic carbocycles. The zero-order chi connectivity index (χ0) is 23.1. The highest BCUT2D eigenvalue weighted by molar-refractivity contribution is 7.12. The van der Waals surface area contributed by atoms with Crippen molar-refractivity contribution in [3.63, 3.8) is 0 Å². The summed E-state index contributed by atoms with van der Waals surface area (Å²) in [6, 6.07) is 2.61. The molecule has 0 saturated carbocycles. The number of thiazole rings is 1. The minimum Gasteiger partial charge on any atom is -0.473 e. The van der Waals surface area contributed by atoms with Gasteiger partial charge in [-0.2, -0.15) is 0 Å². The van der Waals surface area contributed by atoms with Gasteiger partial charge in [-0.25, -0.2) is 14.6 Å². The molecule has 174 valence electrons. The van der Waals surface area contributed by atoms with Gasteiger partial charge in [0, 0.05) is 43.8 Å².